The highest BCUT2D eigenvalue weighted by atomic mass is 32.1. The molecule has 0 spiro atoms. The highest BCUT2D eigenvalue weighted by molar-refractivity contribution is 7.13. The maximum absolute atomic E-state index is 12.9. The van der Waals surface area contributed by atoms with Crippen molar-refractivity contribution in [2.75, 3.05) is 12.4 Å². The quantitative estimate of drug-likeness (QED) is 0.183. The molecule has 4 aromatic rings. The third kappa shape index (κ3) is 5.62. The predicted octanol–water partition coefficient (Wildman–Crippen LogP) is 7.98. The normalized spacial score (nSPS) is 13.6. The molecule has 0 radical (unpaired) electrons. The molecule has 1 aliphatic rings. The van der Waals surface area contributed by atoms with E-state index in [-0.39, 0.29) is 18.1 Å². The second-order valence-electron chi connectivity index (χ2n) is 9.94. The first-order chi connectivity index (χ1) is 18.6. The molecule has 0 bridgehead atoms. The summed E-state index contributed by atoms with van der Waals surface area (Å²) in [6.45, 7) is 8.35. The Labute approximate surface area is 235 Å². The molecule has 5 rings (SSSR count). The first kappa shape index (κ1) is 26.7. The fraction of sp³-hybridized carbons (Fsp3) is 0.226. The fourth-order valence-corrected chi connectivity index (χ4v) is 6.24. The number of thiophene rings is 2. The summed E-state index contributed by atoms with van der Waals surface area (Å²) in [7, 11) is 1.58. The summed E-state index contributed by atoms with van der Waals surface area (Å²) in [5.74, 6) is 0.138. The van der Waals surface area contributed by atoms with Gasteiger partial charge in [0.05, 0.1) is 18.2 Å². The topological polar surface area (TPSA) is 73.9 Å². The number of rotatable bonds is 7. The Morgan fingerprint density at radius 1 is 0.974 bits per heavy atom. The summed E-state index contributed by atoms with van der Waals surface area (Å²) in [5, 5.41) is 7.16. The first-order valence-corrected chi connectivity index (χ1v) is 14.2. The van der Waals surface area contributed by atoms with Crippen molar-refractivity contribution >= 4 is 45.9 Å². The van der Waals surface area contributed by atoms with E-state index < -0.39 is 5.97 Å². The smallest absolute Gasteiger partial charge is 0.348 e. The molecule has 0 saturated carbocycles. The van der Waals surface area contributed by atoms with Crippen LogP contribution in [0.3, 0.4) is 0 Å². The summed E-state index contributed by atoms with van der Waals surface area (Å²) in [6, 6.07) is 14.8. The number of allylic oxidation sites excluding steroid dienone is 1. The Morgan fingerprint density at radius 2 is 1.77 bits per heavy atom. The summed E-state index contributed by atoms with van der Waals surface area (Å²) in [6.07, 6.45) is 2.18. The summed E-state index contributed by atoms with van der Waals surface area (Å²) in [4.78, 5) is 27.0. The zero-order chi connectivity index (χ0) is 27.7. The number of hydrogen-bond donors (Lipinski definition) is 1. The van der Waals surface area contributed by atoms with Crippen molar-refractivity contribution in [3.05, 3.63) is 91.8 Å². The lowest BCUT2D eigenvalue weighted by atomic mass is 9.85. The first-order valence-electron chi connectivity index (χ1n) is 12.5. The molecule has 0 fully saturated rings. The average Bonchev–Trinajstić information content (AvgIpc) is 3.58. The van der Waals surface area contributed by atoms with Crippen molar-refractivity contribution in [1.29, 1.82) is 0 Å². The number of carbonyl (C=O) groups is 2. The van der Waals surface area contributed by atoms with Gasteiger partial charge in [0.15, 0.2) is 0 Å². The lowest BCUT2D eigenvalue weighted by Gasteiger charge is -2.33. The molecule has 6 nitrogen and oxygen atoms in total. The molecule has 2 aromatic heterocycles. The van der Waals surface area contributed by atoms with E-state index in [1.165, 1.54) is 22.7 Å². The van der Waals surface area contributed by atoms with Crippen LogP contribution in [0.1, 0.15) is 56.8 Å². The molecule has 0 amide bonds. The zero-order valence-electron chi connectivity index (χ0n) is 22.4. The van der Waals surface area contributed by atoms with Gasteiger partial charge in [-0.15, -0.1) is 11.3 Å². The molecule has 0 atom stereocenters. The van der Waals surface area contributed by atoms with Gasteiger partial charge in [-0.1, -0.05) is 12.1 Å². The Hall–Kier alpha value is -3.88. The number of nitrogens with one attached hydrogen (secondary N) is 1. The maximum atomic E-state index is 12.9. The third-order valence-corrected chi connectivity index (χ3v) is 8.13. The van der Waals surface area contributed by atoms with Crippen molar-refractivity contribution in [3.63, 3.8) is 0 Å². The summed E-state index contributed by atoms with van der Waals surface area (Å²) < 4.78 is 17.2. The van der Waals surface area contributed by atoms with Gasteiger partial charge in [-0.05, 0) is 80.6 Å². The number of fused-ring (bicyclic) bond motifs is 1. The third-order valence-electron chi connectivity index (χ3n) is 6.46. The Kier molecular flexibility index (Phi) is 7.34. The lowest BCUT2D eigenvalue weighted by molar-refractivity contribution is 0.0478. The molecule has 0 aliphatic carbocycles. The number of carbonyl (C=O) groups excluding carboxylic acids is 2. The van der Waals surface area contributed by atoms with Gasteiger partial charge in [0.1, 0.15) is 23.0 Å². The van der Waals surface area contributed by atoms with Gasteiger partial charge in [-0.2, -0.15) is 11.3 Å². The van der Waals surface area contributed by atoms with Crippen molar-refractivity contribution in [2.45, 2.75) is 39.8 Å². The molecule has 200 valence electrons. The summed E-state index contributed by atoms with van der Waals surface area (Å²) in [5.41, 5.74) is 5.88. The van der Waals surface area contributed by atoms with Crippen LogP contribution >= 0.6 is 22.7 Å². The minimum absolute atomic E-state index is 0.0830. The van der Waals surface area contributed by atoms with Crippen molar-refractivity contribution in [3.8, 4) is 22.6 Å². The molecule has 0 unspecified atom stereocenters. The molecule has 1 N–H and O–H groups in total. The van der Waals surface area contributed by atoms with Crippen LogP contribution in [-0.2, 0) is 11.3 Å². The Bertz CT molecular complexity index is 1580. The van der Waals surface area contributed by atoms with Gasteiger partial charge in [-0.3, -0.25) is 0 Å². The molecule has 0 saturated heterocycles. The Balaban J connectivity index is 1.54. The average molecular weight is 560 g/mol. The van der Waals surface area contributed by atoms with E-state index in [0.717, 1.165) is 38.4 Å². The summed E-state index contributed by atoms with van der Waals surface area (Å²) >= 11 is 2.85. The van der Waals surface area contributed by atoms with Crippen LogP contribution in [0.25, 0.3) is 16.7 Å². The van der Waals surface area contributed by atoms with Crippen molar-refractivity contribution < 1.29 is 23.8 Å². The van der Waals surface area contributed by atoms with E-state index in [9.17, 15) is 9.59 Å². The number of ether oxygens (including phenoxy) is 3. The van der Waals surface area contributed by atoms with E-state index >= 15 is 0 Å². The van der Waals surface area contributed by atoms with Crippen LogP contribution in [0.2, 0.25) is 0 Å². The van der Waals surface area contributed by atoms with E-state index in [4.69, 9.17) is 14.2 Å². The molecular weight excluding hydrogens is 530 g/mol. The van der Waals surface area contributed by atoms with Gasteiger partial charge < -0.3 is 19.5 Å². The molecule has 3 heterocycles. The monoisotopic (exact) mass is 559 g/mol. The van der Waals surface area contributed by atoms with Crippen LogP contribution < -0.4 is 14.8 Å². The van der Waals surface area contributed by atoms with Gasteiger partial charge in [0, 0.05) is 38.7 Å². The Morgan fingerprint density at radius 3 is 2.46 bits per heavy atom. The van der Waals surface area contributed by atoms with Gasteiger partial charge in [0.25, 0.3) is 0 Å². The standard InChI is InChI=1S/C31H29NO5S2/c1-18-15-31(3,4)32-25-10-9-22(24(28(18)25)16-36-30(34)27-11-6-19(2)39-27)23-8-7-21(14-26(23)35-5)37-29(33)20-12-13-38-17-20/h6-15,17,32H,16H2,1-5H3. The highest BCUT2D eigenvalue weighted by Gasteiger charge is 2.27. The number of benzene rings is 2. The van der Waals surface area contributed by atoms with E-state index in [0.29, 0.717) is 21.9 Å². The SMILES string of the molecule is COc1cc(OC(=O)c2ccsc2)ccc1-c1ccc2c(c1COC(=O)c1ccc(C)s1)C(C)=CC(C)(C)N2. The minimum Gasteiger partial charge on any atom is -0.496 e. The van der Waals surface area contributed by atoms with Crippen LogP contribution in [0.15, 0.2) is 65.4 Å². The second kappa shape index (κ2) is 10.7. The van der Waals surface area contributed by atoms with Crippen LogP contribution in [0, 0.1) is 6.92 Å². The van der Waals surface area contributed by atoms with Crippen LogP contribution in [0.5, 0.6) is 11.5 Å². The van der Waals surface area contributed by atoms with Crippen molar-refractivity contribution in [2.24, 2.45) is 0 Å². The minimum atomic E-state index is -0.425. The number of methoxy groups -OCH3 is 1. The van der Waals surface area contributed by atoms with E-state index in [1.807, 2.05) is 36.6 Å². The number of aryl methyl sites for hydroxylation is 1. The number of hydrogen-bond acceptors (Lipinski definition) is 8. The molecule has 39 heavy (non-hydrogen) atoms. The van der Waals surface area contributed by atoms with E-state index in [1.54, 1.807) is 36.8 Å². The van der Waals surface area contributed by atoms with Crippen molar-refractivity contribution in [1.82, 2.24) is 0 Å². The highest BCUT2D eigenvalue weighted by Crippen LogP contribution is 2.43. The lowest BCUT2D eigenvalue weighted by Crippen LogP contribution is -2.32. The van der Waals surface area contributed by atoms with Crippen LogP contribution in [-0.4, -0.2) is 24.6 Å². The zero-order valence-corrected chi connectivity index (χ0v) is 24.0. The molecule has 8 heteroatoms. The van der Waals surface area contributed by atoms with Crippen LogP contribution in [0.4, 0.5) is 5.69 Å². The molecular formula is C31H29NO5S2. The largest absolute Gasteiger partial charge is 0.496 e. The van der Waals surface area contributed by atoms with Gasteiger partial charge >= 0.3 is 11.9 Å². The fourth-order valence-electron chi connectivity index (χ4n) is 4.86. The van der Waals surface area contributed by atoms with Gasteiger partial charge in [-0.25, -0.2) is 9.59 Å². The molecule has 2 aromatic carbocycles. The number of esters is 2. The molecule has 1 aliphatic heterocycles. The number of anilines is 1. The van der Waals surface area contributed by atoms with Gasteiger partial charge in [0.2, 0.25) is 0 Å². The predicted molar refractivity (Wildman–Crippen MR) is 157 cm³/mol. The second-order valence-corrected chi connectivity index (χ2v) is 12.0. The van der Waals surface area contributed by atoms with E-state index in [2.05, 4.69) is 32.2 Å². The maximum Gasteiger partial charge on any atom is 0.348 e.